The molecule has 0 radical (unpaired) electrons. The fourth-order valence-electron chi connectivity index (χ4n) is 4.07. The summed E-state index contributed by atoms with van der Waals surface area (Å²) >= 11 is 0. The van der Waals surface area contributed by atoms with Crippen LogP contribution in [0.1, 0.15) is 59.5 Å². The van der Waals surface area contributed by atoms with Crippen LogP contribution in [0.2, 0.25) is 0 Å². The molecule has 0 saturated heterocycles. The van der Waals surface area contributed by atoms with E-state index in [4.69, 9.17) is 0 Å². The van der Waals surface area contributed by atoms with E-state index in [0.29, 0.717) is 11.6 Å². The van der Waals surface area contributed by atoms with E-state index in [0.717, 1.165) is 30.5 Å². The molecule has 1 saturated carbocycles. The van der Waals surface area contributed by atoms with E-state index in [1.54, 1.807) is 6.92 Å². The lowest BCUT2D eigenvalue weighted by atomic mass is 9.85. The normalized spacial score (nSPS) is 25.5. The Hall–Kier alpha value is -2.44. The first-order valence-corrected chi connectivity index (χ1v) is 7.34. The number of hydrogen-bond acceptors (Lipinski definition) is 4. The van der Waals surface area contributed by atoms with Gasteiger partial charge in [-0.2, -0.15) is 5.10 Å². The van der Waals surface area contributed by atoms with Gasteiger partial charge in [0, 0.05) is 22.7 Å². The van der Waals surface area contributed by atoms with Crippen molar-refractivity contribution in [2.75, 3.05) is 0 Å². The Bertz CT molecular complexity index is 866. The third kappa shape index (κ3) is 1.62. The van der Waals surface area contributed by atoms with Gasteiger partial charge in [0.15, 0.2) is 5.69 Å². The van der Waals surface area contributed by atoms with Gasteiger partial charge >= 0.3 is 5.97 Å². The van der Waals surface area contributed by atoms with E-state index in [2.05, 4.69) is 22.0 Å². The van der Waals surface area contributed by atoms with E-state index in [-0.39, 0.29) is 22.6 Å². The molecule has 7 nitrogen and oxygen atoms in total. The Morgan fingerprint density at radius 1 is 1.55 bits per heavy atom. The van der Waals surface area contributed by atoms with Crippen LogP contribution in [0.5, 0.6) is 0 Å². The number of H-pyrrole nitrogens is 1. The highest BCUT2D eigenvalue weighted by Crippen LogP contribution is 2.58. The molecule has 2 N–H and O–H groups in total. The number of nitrogens with zero attached hydrogens (tertiary/aromatic N) is 3. The van der Waals surface area contributed by atoms with E-state index in [1.165, 1.54) is 10.7 Å². The third-order valence-electron chi connectivity index (χ3n) is 4.90. The first-order valence-electron chi connectivity index (χ1n) is 7.34. The van der Waals surface area contributed by atoms with Crippen molar-refractivity contribution in [1.29, 1.82) is 0 Å². The molecule has 2 atom stereocenters. The summed E-state index contributed by atoms with van der Waals surface area (Å²) in [6.45, 7) is 3.87. The fraction of sp³-hybridized carbons (Fsp3) is 0.467. The topological polar surface area (TPSA) is 101 Å². The average molecular weight is 300 g/mol. The van der Waals surface area contributed by atoms with Gasteiger partial charge in [-0.15, -0.1) is 0 Å². The molecule has 2 bridgehead atoms. The maximum Gasteiger partial charge on any atom is 0.356 e. The SMILES string of the molecule is Cc1cc(=O)[nH]c(-n2nc(C(=O)O)c3c2[C@@]2(C)CC[C@@H]3C2)n1. The molecule has 0 spiro atoms. The van der Waals surface area contributed by atoms with Crippen molar-refractivity contribution in [3.05, 3.63) is 39.1 Å². The van der Waals surface area contributed by atoms with Crippen LogP contribution in [0.15, 0.2) is 10.9 Å². The van der Waals surface area contributed by atoms with Crippen molar-refractivity contribution in [2.24, 2.45) is 0 Å². The molecule has 2 aliphatic carbocycles. The number of hydrogen-bond donors (Lipinski definition) is 2. The number of aromatic amines is 1. The Balaban J connectivity index is 2.03. The van der Waals surface area contributed by atoms with Crippen LogP contribution in [0.25, 0.3) is 5.95 Å². The van der Waals surface area contributed by atoms with Crippen molar-refractivity contribution < 1.29 is 9.90 Å². The number of nitrogens with one attached hydrogen (secondary N) is 1. The van der Waals surface area contributed by atoms with Crippen molar-refractivity contribution in [1.82, 2.24) is 19.7 Å². The summed E-state index contributed by atoms with van der Waals surface area (Å²) in [7, 11) is 0. The van der Waals surface area contributed by atoms with E-state index in [1.807, 2.05) is 0 Å². The summed E-state index contributed by atoms with van der Waals surface area (Å²) in [4.78, 5) is 30.2. The minimum absolute atomic E-state index is 0.0904. The van der Waals surface area contributed by atoms with Gasteiger partial charge in [0.25, 0.3) is 5.56 Å². The van der Waals surface area contributed by atoms with E-state index < -0.39 is 5.97 Å². The lowest BCUT2D eigenvalue weighted by molar-refractivity contribution is 0.0688. The molecule has 2 aromatic rings. The summed E-state index contributed by atoms with van der Waals surface area (Å²) in [5, 5.41) is 13.7. The van der Waals surface area contributed by atoms with Crippen molar-refractivity contribution in [3.63, 3.8) is 0 Å². The number of carboxylic acid groups (broad SMARTS) is 1. The van der Waals surface area contributed by atoms with E-state index >= 15 is 0 Å². The fourth-order valence-corrected chi connectivity index (χ4v) is 4.07. The zero-order valence-corrected chi connectivity index (χ0v) is 12.4. The molecule has 0 aromatic carbocycles. The quantitative estimate of drug-likeness (QED) is 0.875. The van der Waals surface area contributed by atoms with Gasteiger partial charge < -0.3 is 5.11 Å². The highest BCUT2D eigenvalue weighted by molar-refractivity contribution is 5.88. The molecule has 4 rings (SSSR count). The van der Waals surface area contributed by atoms with Gasteiger partial charge in [-0.1, -0.05) is 6.92 Å². The maximum atomic E-state index is 11.7. The van der Waals surface area contributed by atoms with Crippen molar-refractivity contribution in [3.8, 4) is 5.95 Å². The number of rotatable bonds is 2. The summed E-state index contributed by atoms with van der Waals surface area (Å²) in [5.41, 5.74) is 2.03. The summed E-state index contributed by atoms with van der Waals surface area (Å²) in [6, 6.07) is 1.40. The lowest BCUT2D eigenvalue weighted by Crippen LogP contribution is -2.23. The van der Waals surface area contributed by atoms with Crippen molar-refractivity contribution in [2.45, 2.75) is 44.4 Å². The van der Waals surface area contributed by atoms with Gasteiger partial charge in [-0.05, 0) is 32.1 Å². The standard InChI is InChI=1S/C15H16N4O3/c1-7-5-9(20)17-14(16-7)19-12-10(11(18-19)13(21)22)8-3-4-15(12,2)6-8/h5,8H,3-4,6H2,1-2H3,(H,21,22)(H,16,17,20)/t8-,15+/m1/s1. The Morgan fingerprint density at radius 3 is 3.00 bits per heavy atom. The van der Waals surface area contributed by atoms with Gasteiger partial charge in [-0.3, -0.25) is 9.78 Å². The number of carboxylic acids is 1. The summed E-state index contributed by atoms with van der Waals surface area (Å²) in [5.74, 6) is -0.486. The third-order valence-corrected chi connectivity index (χ3v) is 4.90. The second kappa shape index (κ2) is 4.06. The highest BCUT2D eigenvalue weighted by Gasteiger charge is 2.51. The zero-order valence-electron chi connectivity index (χ0n) is 12.4. The second-order valence-electron chi connectivity index (χ2n) is 6.54. The predicted octanol–water partition coefficient (Wildman–Crippen LogP) is 1.50. The monoisotopic (exact) mass is 300 g/mol. The molecule has 2 heterocycles. The zero-order chi connectivity index (χ0) is 15.6. The Labute approximate surface area is 126 Å². The molecule has 1 fully saturated rings. The molecular weight excluding hydrogens is 284 g/mol. The maximum absolute atomic E-state index is 11.7. The first-order chi connectivity index (χ1) is 10.4. The van der Waals surface area contributed by atoms with Crippen LogP contribution >= 0.6 is 0 Å². The van der Waals surface area contributed by atoms with Crippen LogP contribution in [-0.4, -0.2) is 30.8 Å². The number of aryl methyl sites for hydroxylation is 1. The van der Waals surface area contributed by atoms with Crippen molar-refractivity contribution >= 4 is 5.97 Å². The largest absolute Gasteiger partial charge is 0.476 e. The molecule has 2 aliphatic rings. The molecular formula is C15H16N4O3. The molecule has 7 heteroatoms. The van der Waals surface area contributed by atoms with Gasteiger partial charge in [0.2, 0.25) is 5.95 Å². The average Bonchev–Trinajstić information content (AvgIpc) is 3.05. The summed E-state index contributed by atoms with van der Waals surface area (Å²) in [6.07, 6.45) is 2.94. The van der Waals surface area contributed by atoms with Gasteiger partial charge in [0.05, 0.1) is 5.69 Å². The Morgan fingerprint density at radius 2 is 2.32 bits per heavy atom. The summed E-state index contributed by atoms with van der Waals surface area (Å²) < 4.78 is 1.53. The van der Waals surface area contributed by atoms with Crippen LogP contribution in [0, 0.1) is 6.92 Å². The van der Waals surface area contributed by atoms with Crippen LogP contribution in [0.4, 0.5) is 0 Å². The molecule has 22 heavy (non-hydrogen) atoms. The molecule has 2 aromatic heterocycles. The van der Waals surface area contributed by atoms with E-state index in [9.17, 15) is 14.7 Å². The highest BCUT2D eigenvalue weighted by atomic mass is 16.4. The van der Waals surface area contributed by atoms with Crippen LogP contribution in [-0.2, 0) is 5.41 Å². The predicted molar refractivity (Wildman–Crippen MR) is 77.6 cm³/mol. The first kappa shape index (κ1) is 13.2. The molecule has 0 amide bonds. The number of aromatic carboxylic acids is 1. The lowest BCUT2D eigenvalue weighted by Gasteiger charge is -2.23. The second-order valence-corrected chi connectivity index (χ2v) is 6.54. The molecule has 0 aliphatic heterocycles. The number of aromatic nitrogens is 4. The van der Waals surface area contributed by atoms with Crippen LogP contribution < -0.4 is 5.56 Å². The van der Waals surface area contributed by atoms with Crippen LogP contribution in [0.3, 0.4) is 0 Å². The minimum Gasteiger partial charge on any atom is -0.476 e. The molecule has 0 unspecified atom stereocenters. The van der Waals surface area contributed by atoms with Gasteiger partial charge in [-0.25, -0.2) is 14.5 Å². The molecule has 114 valence electrons. The number of carbonyl (C=O) groups is 1. The smallest absolute Gasteiger partial charge is 0.356 e. The Kier molecular flexibility index (Phi) is 2.44. The minimum atomic E-state index is -1.03. The van der Waals surface area contributed by atoms with Gasteiger partial charge in [0.1, 0.15) is 0 Å². The number of fused-ring (bicyclic) bond motifs is 5.